The molecule has 9 heteroatoms. The van der Waals surface area contributed by atoms with Crippen LogP contribution in [0.25, 0.3) is 21.1 Å². The quantitative estimate of drug-likeness (QED) is 0.648. The van der Waals surface area contributed by atoms with E-state index in [0.29, 0.717) is 34.7 Å². The number of halogens is 1. The minimum atomic E-state index is -0.447. The normalized spacial score (nSPS) is 24.6. The van der Waals surface area contributed by atoms with Crippen molar-refractivity contribution in [1.29, 1.82) is 0 Å². The topological polar surface area (TPSA) is 93.4 Å². The third kappa shape index (κ3) is 2.09. The zero-order valence-corrected chi connectivity index (χ0v) is 15.9. The Morgan fingerprint density at radius 2 is 2.11 bits per heavy atom. The third-order valence-electron chi connectivity index (χ3n) is 6.27. The molecule has 0 amide bonds. The molecule has 1 unspecified atom stereocenters. The number of aromatic amines is 1. The summed E-state index contributed by atoms with van der Waals surface area (Å²) in [5.74, 6) is -0.447. The molecule has 3 aliphatic rings. The van der Waals surface area contributed by atoms with Crippen LogP contribution in [0.1, 0.15) is 30.9 Å². The van der Waals surface area contributed by atoms with Crippen LogP contribution in [-0.4, -0.2) is 34.2 Å². The molecule has 28 heavy (non-hydrogen) atoms. The molecule has 2 atom stereocenters. The van der Waals surface area contributed by atoms with Gasteiger partial charge >= 0.3 is 0 Å². The molecule has 0 bridgehead atoms. The number of nitrogens with zero attached hydrogens (tertiary/aromatic N) is 2. The van der Waals surface area contributed by atoms with Gasteiger partial charge in [0, 0.05) is 24.2 Å². The van der Waals surface area contributed by atoms with Gasteiger partial charge in [-0.3, -0.25) is 14.0 Å². The average molecular weight is 402 g/mol. The summed E-state index contributed by atoms with van der Waals surface area (Å²) < 4.78 is 26.0. The summed E-state index contributed by atoms with van der Waals surface area (Å²) in [4.78, 5) is 28.0. The first-order valence-electron chi connectivity index (χ1n) is 9.57. The van der Waals surface area contributed by atoms with Gasteiger partial charge in [-0.1, -0.05) is 0 Å². The van der Waals surface area contributed by atoms with Crippen molar-refractivity contribution in [2.24, 2.45) is 5.73 Å². The van der Waals surface area contributed by atoms with E-state index in [4.69, 9.17) is 10.5 Å². The summed E-state index contributed by atoms with van der Waals surface area (Å²) in [5, 5.41) is 0.379. The van der Waals surface area contributed by atoms with Crippen LogP contribution in [0.4, 0.5) is 10.1 Å². The predicted molar refractivity (Wildman–Crippen MR) is 106 cm³/mol. The van der Waals surface area contributed by atoms with Gasteiger partial charge in [0.1, 0.15) is 16.0 Å². The molecule has 3 aromatic rings. The van der Waals surface area contributed by atoms with E-state index in [1.54, 1.807) is 0 Å². The Bertz CT molecular complexity index is 1260. The van der Waals surface area contributed by atoms with E-state index in [1.807, 2.05) is 4.90 Å². The number of rotatable bonds is 1. The Morgan fingerprint density at radius 3 is 2.89 bits per heavy atom. The van der Waals surface area contributed by atoms with E-state index in [0.717, 1.165) is 19.3 Å². The van der Waals surface area contributed by atoms with Crippen molar-refractivity contribution >= 4 is 38.3 Å². The zero-order chi connectivity index (χ0) is 19.2. The van der Waals surface area contributed by atoms with Crippen molar-refractivity contribution in [3.63, 3.8) is 0 Å². The van der Waals surface area contributed by atoms with Gasteiger partial charge in [0.25, 0.3) is 5.56 Å². The zero-order valence-electron chi connectivity index (χ0n) is 15.0. The van der Waals surface area contributed by atoms with E-state index in [9.17, 15) is 9.59 Å². The van der Waals surface area contributed by atoms with Gasteiger partial charge in [0.05, 0.1) is 35.8 Å². The molecule has 2 fully saturated rings. The molecule has 3 N–H and O–H groups in total. The molecule has 1 aromatic carbocycles. The number of hydrogen-bond acceptors (Lipinski definition) is 6. The van der Waals surface area contributed by atoms with Crippen molar-refractivity contribution in [2.75, 3.05) is 18.1 Å². The molecule has 0 spiro atoms. The summed E-state index contributed by atoms with van der Waals surface area (Å²) >= 11 is 1.18. The average Bonchev–Trinajstić information content (AvgIpc) is 3.39. The molecule has 6 rings (SSSR count). The van der Waals surface area contributed by atoms with Gasteiger partial charge in [0.15, 0.2) is 0 Å². The highest BCUT2D eigenvalue weighted by Gasteiger charge is 2.39. The lowest BCUT2D eigenvalue weighted by Gasteiger charge is -2.28. The maximum atomic E-state index is 15.3. The predicted octanol–water partition coefficient (Wildman–Crippen LogP) is 1.81. The summed E-state index contributed by atoms with van der Waals surface area (Å²) in [5.41, 5.74) is 7.31. The molecule has 7 nitrogen and oxygen atoms in total. The maximum absolute atomic E-state index is 15.3. The van der Waals surface area contributed by atoms with Gasteiger partial charge in [-0.25, -0.2) is 4.39 Å². The van der Waals surface area contributed by atoms with E-state index < -0.39 is 16.8 Å². The lowest BCUT2D eigenvalue weighted by atomic mass is 10.0. The van der Waals surface area contributed by atoms with Gasteiger partial charge in [0.2, 0.25) is 5.43 Å². The van der Waals surface area contributed by atoms with Crippen molar-refractivity contribution in [3.8, 4) is 0 Å². The summed E-state index contributed by atoms with van der Waals surface area (Å²) in [6.45, 7) is 1.32. The van der Waals surface area contributed by atoms with Crippen molar-refractivity contribution in [1.82, 2.24) is 8.94 Å². The largest absolute Gasteiger partial charge is 0.374 e. The van der Waals surface area contributed by atoms with Crippen LogP contribution in [0.15, 0.2) is 15.7 Å². The van der Waals surface area contributed by atoms with E-state index >= 15 is 4.39 Å². The molecular formula is C19H19FN4O3S. The molecule has 2 aromatic heterocycles. The first kappa shape index (κ1) is 16.7. The lowest BCUT2D eigenvalue weighted by molar-refractivity contribution is 0.112. The van der Waals surface area contributed by atoms with Crippen LogP contribution < -0.4 is 21.6 Å². The number of aromatic nitrogens is 2. The lowest BCUT2D eigenvalue weighted by Crippen LogP contribution is -2.42. The minimum Gasteiger partial charge on any atom is -0.374 e. The summed E-state index contributed by atoms with van der Waals surface area (Å²) in [7, 11) is 0. The number of fused-ring (bicyclic) bond motifs is 6. The van der Waals surface area contributed by atoms with Gasteiger partial charge in [-0.2, -0.15) is 0 Å². The van der Waals surface area contributed by atoms with Crippen LogP contribution in [0, 0.1) is 5.82 Å². The van der Waals surface area contributed by atoms with Gasteiger partial charge in [-0.15, -0.1) is 0 Å². The van der Waals surface area contributed by atoms with E-state index in [2.05, 4.69) is 8.94 Å². The first-order valence-corrected chi connectivity index (χ1v) is 10.4. The summed E-state index contributed by atoms with van der Waals surface area (Å²) in [6, 6.07) is 1.38. The first-order chi connectivity index (χ1) is 13.6. The fourth-order valence-electron chi connectivity index (χ4n) is 4.81. The van der Waals surface area contributed by atoms with Crippen molar-refractivity contribution < 1.29 is 9.13 Å². The minimum absolute atomic E-state index is 0.0657. The number of ether oxygens (including phenoxy) is 1. The van der Waals surface area contributed by atoms with Crippen LogP contribution in [-0.2, 0) is 11.3 Å². The number of hydrogen-bond donors (Lipinski definition) is 2. The second-order valence-corrected chi connectivity index (χ2v) is 8.75. The molecule has 1 saturated heterocycles. The standard InChI is InChI=1S/C19H19FN4O3S/c20-11-5-9-15(10-6-27-7-13-12(21)3-4-23(13)16(10)11)24(8-1-2-8)19-14(17(9)25)18(26)22-28-19/h5,8,12-13H,1-4,6-7,21H2,(H,22,26)/t12-,13?/m1/s1. The number of benzene rings is 1. The van der Waals surface area contributed by atoms with Crippen molar-refractivity contribution in [2.45, 2.75) is 44.0 Å². The highest BCUT2D eigenvalue weighted by Crippen LogP contribution is 2.44. The summed E-state index contributed by atoms with van der Waals surface area (Å²) in [6.07, 6.45) is 2.73. The Labute approximate surface area is 162 Å². The molecular weight excluding hydrogens is 383 g/mol. The van der Waals surface area contributed by atoms with Crippen LogP contribution in [0.2, 0.25) is 0 Å². The Morgan fingerprint density at radius 1 is 1.29 bits per heavy atom. The molecule has 4 heterocycles. The number of H-pyrrole nitrogens is 1. The molecule has 2 aliphatic heterocycles. The molecule has 1 saturated carbocycles. The maximum Gasteiger partial charge on any atom is 0.271 e. The van der Waals surface area contributed by atoms with E-state index in [1.165, 1.54) is 17.6 Å². The monoisotopic (exact) mass is 402 g/mol. The fourth-order valence-corrected chi connectivity index (χ4v) is 5.73. The fraction of sp³-hybridized carbons (Fsp3) is 0.474. The highest BCUT2D eigenvalue weighted by molar-refractivity contribution is 7.12. The number of anilines is 1. The Balaban J connectivity index is 1.78. The second kappa shape index (κ2) is 5.65. The molecule has 146 valence electrons. The molecule has 0 radical (unpaired) electrons. The van der Waals surface area contributed by atoms with Crippen LogP contribution in [0.3, 0.4) is 0 Å². The van der Waals surface area contributed by atoms with Crippen molar-refractivity contribution in [3.05, 3.63) is 38.0 Å². The number of nitrogens with two attached hydrogens (primary N) is 1. The second-order valence-electron chi connectivity index (χ2n) is 7.95. The highest BCUT2D eigenvalue weighted by atomic mass is 32.1. The SMILES string of the molecule is N[C@@H]1CCN2c3c(F)cc4c(=O)c5c(=O)[nH]sc5n(C5CC5)c4c3COCC12. The van der Waals surface area contributed by atoms with Gasteiger partial charge < -0.3 is 19.9 Å². The number of nitrogens with one attached hydrogen (secondary N) is 1. The van der Waals surface area contributed by atoms with Crippen LogP contribution in [0.5, 0.6) is 0 Å². The smallest absolute Gasteiger partial charge is 0.271 e. The Kier molecular flexibility index (Phi) is 3.37. The third-order valence-corrected chi connectivity index (χ3v) is 7.15. The van der Waals surface area contributed by atoms with E-state index in [-0.39, 0.29) is 35.5 Å². The van der Waals surface area contributed by atoms with Gasteiger partial charge in [-0.05, 0) is 36.9 Å². The van der Waals surface area contributed by atoms with Crippen LogP contribution >= 0.6 is 11.5 Å². The number of pyridine rings is 1. The molecule has 1 aliphatic carbocycles. The Hall–Kier alpha value is -2.23.